The first kappa shape index (κ1) is 21.0. The molecule has 0 radical (unpaired) electrons. The van der Waals surface area contributed by atoms with Crippen molar-refractivity contribution in [2.45, 2.75) is 0 Å². The molecule has 1 heterocycles. The van der Waals surface area contributed by atoms with Crippen LogP contribution in [0.5, 0.6) is 11.5 Å². The van der Waals surface area contributed by atoms with Gasteiger partial charge in [-0.15, -0.1) is 0 Å². The number of nitrogens with one attached hydrogen (secondary N) is 1. The Labute approximate surface area is 175 Å². The molecule has 0 bridgehead atoms. The van der Waals surface area contributed by atoms with Crippen molar-refractivity contribution < 1.29 is 19.1 Å². The van der Waals surface area contributed by atoms with E-state index in [9.17, 15) is 9.59 Å². The molecule has 0 spiro atoms. The minimum atomic E-state index is -0.136. The Bertz CT molecular complexity index is 882. The Kier molecular flexibility index (Phi) is 6.95. The molecule has 0 aliphatic carbocycles. The first-order valence-electron chi connectivity index (χ1n) is 9.29. The van der Waals surface area contributed by atoms with E-state index in [2.05, 4.69) is 5.32 Å². The zero-order valence-electron chi connectivity index (χ0n) is 16.5. The molecule has 1 aliphatic rings. The maximum atomic E-state index is 12.6. The van der Waals surface area contributed by atoms with Gasteiger partial charge in [0.2, 0.25) is 5.91 Å². The van der Waals surface area contributed by atoms with E-state index in [1.807, 2.05) is 4.90 Å². The molecule has 7 nitrogen and oxygen atoms in total. The summed E-state index contributed by atoms with van der Waals surface area (Å²) in [6, 6.07) is 12.2. The Hall–Kier alpha value is -2.77. The maximum Gasteiger partial charge on any atom is 0.253 e. The van der Waals surface area contributed by atoms with Gasteiger partial charge in [-0.05, 0) is 30.3 Å². The number of benzene rings is 2. The standard InChI is InChI=1S/C21H24ClN3O4/c1-28-17-6-7-18(19(13-17)29-2)23-20(26)14-24-8-10-25(11-9-24)21(27)15-4-3-5-16(22)12-15/h3-7,12-13H,8-11,14H2,1-2H3,(H,23,26). The highest BCUT2D eigenvalue weighted by Crippen LogP contribution is 2.29. The van der Waals surface area contributed by atoms with E-state index in [-0.39, 0.29) is 18.4 Å². The molecule has 2 aromatic carbocycles. The van der Waals surface area contributed by atoms with Crippen molar-refractivity contribution >= 4 is 29.1 Å². The van der Waals surface area contributed by atoms with Crippen LogP contribution in [-0.2, 0) is 4.79 Å². The van der Waals surface area contributed by atoms with Crippen LogP contribution in [0.2, 0.25) is 5.02 Å². The minimum Gasteiger partial charge on any atom is -0.497 e. The molecule has 0 unspecified atom stereocenters. The van der Waals surface area contributed by atoms with Crippen LogP contribution in [0.15, 0.2) is 42.5 Å². The number of nitrogens with zero attached hydrogens (tertiary/aromatic N) is 2. The molecule has 1 N–H and O–H groups in total. The topological polar surface area (TPSA) is 71.1 Å². The molecule has 0 aromatic heterocycles. The third kappa shape index (κ3) is 5.40. The van der Waals surface area contributed by atoms with Crippen LogP contribution in [-0.4, -0.2) is 68.6 Å². The van der Waals surface area contributed by atoms with Gasteiger partial charge in [0.1, 0.15) is 11.5 Å². The van der Waals surface area contributed by atoms with E-state index in [1.54, 1.807) is 61.6 Å². The summed E-state index contributed by atoms with van der Waals surface area (Å²) < 4.78 is 10.5. The third-order valence-electron chi connectivity index (χ3n) is 4.78. The van der Waals surface area contributed by atoms with Crippen molar-refractivity contribution in [2.75, 3.05) is 52.3 Å². The summed E-state index contributed by atoms with van der Waals surface area (Å²) in [4.78, 5) is 28.8. The second-order valence-electron chi connectivity index (χ2n) is 6.69. The van der Waals surface area contributed by atoms with E-state index in [1.165, 1.54) is 0 Å². The van der Waals surface area contributed by atoms with Crippen molar-refractivity contribution in [2.24, 2.45) is 0 Å². The lowest BCUT2D eigenvalue weighted by molar-refractivity contribution is -0.117. The summed E-state index contributed by atoms with van der Waals surface area (Å²) in [5, 5.41) is 3.41. The molecule has 0 saturated carbocycles. The molecular weight excluding hydrogens is 394 g/mol. The van der Waals surface area contributed by atoms with Crippen molar-refractivity contribution in [1.29, 1.82) is 0 Å². The number of amides is 2. The van der Waals surface area contributed by atoms with E-state index < -0.39 is 0 Å². The van der Waals surface area contributed by atoms with Gasteiger partial charge in [-0.1, -0.05) is 17.7 Å². The van der Waals surface area contributed by atoms with Crippen LogP contribution in [0, 0.1) is 0 Å². The zero-order chi connectivity index (χ0) is 20.8. The molecule has 29 heavy (non-hydrogen) atoms. The molecular formula is C21H24ClN3O4. The summed E-state index contributed by atoms with van der Waals surface area (Å²) in [7, 11) is 3.12. The Morgan fingerprint density at radius 3 is 2.45 bits per heavy atom. The SMILES string of the molecule is COc1ccc(NC(=O)CN2CCN(C(=O)c3cccc(Cl)c3)CC2)c(OC)c1. The summed E-state index contributed by atoms with van der Waals surface area (Å²) >= 11 is 5.97. The van der Waals surface area contributed by atoms with Crippen molar-refractivity contribution in [1.82, 2.24) is 9.80 Å². The third-order valence-corrected chi connectivity index (χ3v) is 5.02. The first-order chi connectivity index (χ1) is 14.0. The first-order valence-corrected chi connectivity index (χ1v) is 9.67. The van der Waals surface area contributed by atoms with Crippen molar-refractivity contribution in [3.8, 4) is 11.5 Å². The lowest BCUT2D eigenvalue weighted by Crippen LogP contribution is -2.50. The average molecular weight is 418 g/mol. The van der Waals surface area contributed by atoms with Gasteiger partial charge in [0.05, 0.1) is 26.5 Å². The van der Waals surface area contributed by atoms with E-state index in [0.717, 1.165) is 0 Å². The van der Waals surface area contributed by atoms with Gasteiger partial charge in [0, 0.05) is 42.8 Å². The van der Waals surface area contributed by atoms with Gasteiger partial charge >= 0.3 is 0 Å². The van der Waals surface area contributed by atoms with Crippen molar-refractivity contribution in [3.05, 3.63) is 53.1 Å². The molecule has 3 rings (SSSR count). The number of carbonyl (C=O) groups excluding carboxylic acids is 2. The lowest BCUT2D eigenvalue weighted by atomic mass is 10.2. The summed E-state index contributed by atoms with van der Waals surface area (Å²) in [6.07, 6.45) is 0. The summed E-state index contributed by atoms with van der Waals surface area (Å²) in [5.41, 5.74) is 1.17. The number of ether oxygens (including phenoxy) is 2. The highest BCUT2D eigenvalue weighted by molar-refractivity contribution is 6.30. The van der Waals surface area contributed by atoms with Crippen molar-refractivity contribution in [3.63, 3.8) is 0 Å². The average Bonchev–Trinajstić information content (AvgIpc) is 2.74. The number of anilines is 1. The number of hydrogen-bond acceptors (Lipinski definition) is 5. The monoisotopic (exact) mass is 417 g/mol. The smallest absolute Gasteiger partial charge is 0.253 e. The van der Waals surface area contributed by atoms with Crippen LogP contribution in [0.1, 0.15) is 10.4 Å². The molecule has 154 valence electrons. The van der Waals surface area contributed by atoms with E-state index in [0.29, 0.717) is 54.0 Å². The fraction of sp³-hybridized carbons (Fsp3) is 0.333. The zero-order valence-corrected chi connectivity index (χ0v) is 17.2. The normalized spacial score (nSPS) is 14.4. The van der Waals surface area contributed by atoms with Gasteiger partial charge in [0.15, 0.2) is 0 Å². The second-order valence-corrected chi connectivity index (χ2v) is 7.13. The lowest BCUT2D eigenvalue weighted by Gasteiger charge is -2.34. The van der Waals surface area contributed by atoms with Crippen LogP contribution >= 0.6 is 11.6 Å². The van der Waals surface area contributed by atoms with Crippen LogP contribution in [0.25, 0.3) is 0 Å². The number of rotatable bonds is 6. The number of halogens is 1. The van der Waals surface area contributed by atoms with Crippen LogP contribution in [0.3, 0.4) is 0 Å². The number of carbonyl (C=O) groups is 2. The molecule has 2 amide bonds. The van der Waals surface area contributed by atoms with Gasteiger partial charge in [-0.25, -0.2) is 0 Å². The molecule has 1 saturated heterocycles. The summed E-state index contributed by atoms with van der Waals surface area (Å²) in [6.45, 7) is 2.61. The molecule has 1 aliphatic heterocycles. The highest BCUT2D eigenvalue weighted by Gasteiger charge is 2.23. The number of hydrogen-bond donors (Lipinski definition) is 1. The quantitative estimate of drug-likeness (QED) is 0.782. The number of methoxy groups -OCH3 is 2. The largest absolute Gasteiger partial charge is 0.497 e. The highest BCUT2D eigenvalue weighted by atomic mass is 35.5. The predicted molar refractivity (Wildman–Crippen MR) is 112 cm³/mol. The molecule has 1 fully saturated rings. The fourth-order valence-electron chi connectivity index (χ4n) is 3.21. The predicted octanol–water partition coefficient (Wildman–Crippen LogP) is 2.75. The van der Waals surface area contributed by atoms with Crippen LogP contribution in [0.4, 0.5) is 5.69 Å². The van der Waals surface area contributed by atoms with Crippen LogP contribution < -0.4 is 14.8 Å². The Morgan fingerprint density at radius 2 is 1.79 bits per heavy atom. The van der Waals surface area contributed by atoms with Gasteiger partial charge in [-0.2, -0.15) is 0 Å². The molecule has 2 aromatic rings. The Balaban J connectivity index is 1.52. The van der Waals surface area contributed by atoms with Gasteiger partial charge < -0.3 is 19.7 Å². The fourth-order valence-corrected chi connectivity index (χ4v) is 3.40. The van der Waals surface area contributed by atoms with E-state index in [4.69, 9.17) is 21.1 Å². The molecule has 0 atom stereocenters. The molecule has 8 heteroatoms. The summed E-state index contributed by atoms with van der Waals surface area (Å²) in [5.74, 6) is 1.01. The van der Waals surface area contributed by atoms with Gasteiger partial charge in [-0.3, -0.25) is 14.5 Å². The number of piperazine rings is 1. The second kappa shape index (κ2) is 9.62. The Morgan fingerprint density at radius 1 is 1.03 bits per heavy atom. The van der Waals surface area contributed by atoms with E-state index >= 15 is 0 Å². The van der Waals surface area contributed by atoms with Gasteiger partial charge in [0.25, 0.3) is 5.91 Å². The minimum absolute atomic E-state index is 0.0421. The maximum absolute atomic E-state index is 12.6.